The molecule has 0 aromatic carbocycles. The van der Waals surface area contributed by atoms with Gasteiger partial charge >= 0.3 is 0 Å². The van der Waals surface area contributed by atoms with Crippen molar-refractivity contribution in [3.8, 4) is 0 Å². The van der Waals surface area contributed by atoms with Crippen molar-refractivity contribution in [3.05, 3.63) is 16.6 Å². The van der Waals surface area contributed by atoms with E-state index in [1.165, 1.54) is 18.5 Å². The summed E-state index contributed by atoms with van der Waals surface area (Å²) in [5.74, 6) is 0. The molecule has 1 aromatic rings. The Morgan fingerprint density at radius 3 is 2.80 bits per heavy atom. The van der Waals surface area contributed by atoms with Gasteiger partial charge in [-0.15, -0.1) is 11.3 Å². The van der Waals surface area contributed by atoms with Crippen molar-refractivity contribution in [2.45, 2.75) is 40.0 Å². The first-order chi connectivity index (χ1) is 7.20. The number of nitrogens with zero attached hydrogens (tertiary/aromatic N) is 1. The van der Waals surface area contributed by atoms with Crippen LogP contribution in [0.25, 0.3) is 0 Å². The molecule has 1 heterocycles. The van der Waals surface area contributed by atoms with E-state index in [1.54, 1.807) is 11.3 Å². The highest BCUT2D eigenvalue weighted by molar-refractivity contribution is 7.07. The van der Waals surface area contributed by atoms with Crippen LogP contribution in [-0.2, 0) is 6.42 Å². The molecule has 0 bridgehead atoms. The Hall–Kier alpha value is -0.410. The highest BCUT2D eigenvalue weighted by Gasteiger charge is 2.23. The molecule has 0 amide bonds. The summed E-state index contributed by atoms with van der Waals surface area (Å²) in [6, 6.07) is 0. The van der Waals surface area contributed by atoms with Gasteiger partial charge in [0, 0.05) is 11.9 Å². The second-order valence-corrected chi connectivity index (χ2v) is 5.22. The molecule has 0 radical (unpaired) electrons. The Bertz CT molecular complexity index is 259. The van der Waals surface area contributed by atoms with Gasteiger partial charge < -0.3 is 5.32 Å². The molecular weight excluding hydrogens is 204 g/mol. The van der Waals surface area contributed by atoms with Crippen molar-refractivity contribution in [3.63, 3.8) is 0 Å². The summed E-state index contributed by atoms with van der Waals surface area (Å²) in [5.41, 5.74) is 3.53. The van der Waals surface area contributed by atoms with Crippen LogP contribution in [0.3, 0.4) is 0 Å². The van der Waals surface area contributed by atoms with Gasteiger partial charge in [-0.2, -0.15) is 0 Å². The number of thiazole rings is 1. The third kappa shape index (κ3) is 4.31. The molecule has 0 aliphatic rings. The normalized spacial score (nSPS) is 15.1. The maximum absolute atomic E-state index is 4.38. The average Bonchev–Trinajstić information content (AvgIpc) is 2.68. The van der Waals surface area contributed by atoms with Gasteiger partial charge in [0.15, 0.2) is 0 Å². The third-order valence-corrected chi connectivity index (χ3v) is 3.38. The minimum absolute atomic E-state index is 0.360. The largest absolute Gasteiger partial charge is 0.316 e. The summed E-state index contributed by atoms with van der Waals surface area (Å²) in [7, 11) is 0. The fraction of sp³-hybridized carbons (Fsp3) is 0.750. The molecule has 2 nitrogen and oxygen atoms in total. The van der Waals surface area contributed by atoms with Crippen LogP contribution in [0.2, 0.25) is 0 Å². The van der Waals surface area contributed by atoms with Gasteiger partial charge in [0.05, 0.1) is 11.2 Å². The van der Waals surface area contributed by atoms with E-state index in [-0.39, 0.29) is 0 Å². The van der Waals surface area contributed by atoms with Crippen molar-refractivity contribution in [2.75, 3.05) is 13.1 Å². The van der Waals surface area contributed by atoms with E-state index in [0.717, 1.165) is 19.5 Å². The second-order valence-electron chi connectivity index (χ2n) is 4.50. The zero-order valence-corrected chi connectivity index (χ0v) is 10.9. The van der Waals surface area contributed by atoms with Crippen LogP contribution >= 0.6 is 11.3 Å². The fourth-order valence-electron chi connectivity index (χ4n) is 2.03. The molecule has 0 aliphatic heterocycles. The fourth-order valence-corrected chi connectivity index (χ4v) is 2.59. The standard InChI is InChI=1S/C12H22N2S/c1-4-6-12(3,9-13-5-2)7-11-8-15-10-14-11/h8,10,13H,4-7,9H2,1-3H3. The molecule has 1 aromatic heterocycles. The smallest absolute Gasteiger partial charge is 0.0794 e. The molecule has 15 heavy (non-hydrogen) atoms. The van der Waals surface area contributed by atoms with Gasteiger partial charge in [-0.25, -0.2) is 4.98 Å². The van der Waals surface area contributed by atoms with E-state index < -0.39 is 0 Å². The van der Waals surface area contributed by atoms with E-state index in [9.17, 15) is 0 Å². The van der Waals surface area contributed by atoms with Gasteiger partial charge in [-0.05, 0) is 24.8 Å². The predicted octanol–water partition coefficient (Wildman–Crippen LogP) is 3.10. The van der Waals surface area contributed by atoms with Crippen molar-refractivity contribution in [2.24, 2.45) is 5.41 Å². The molecule has 1 atom stereocenters. The Morgan fingerprint density at radius 2 is 2.27 bits per heavy atom. The van der Waals surface area contributed by atoms with Crippen molar-refractivity contribution in [1.29, 1.82) is 0 Å². The van der Waals surface area contributed by atoms with Gasteiger partial charge in [0.2, 0.25) is 0 Å². The van der Waals surface area contributed by atoms with Gasteiger partial charge in [0.1, 0.15) is 0 Å². The highest BCUT2D eigenvalue weighted by Crippen LogP contribution is 2.27. The summed E-state index contributed by atoms with van der Waals surface area (Å²) in [5, 5.41) is 5.63. The summed E-state index contributed by atoms with van der Waals surface area (Å²) in [6.07, 6.45) is 3.60. The van der Waals surface area contributed by atoms with E-state index in [1.807, 2.05) is 5.51 Å². The van der Waals surface area contributed by atoms with E-state index in [0.29, 0.717) is 5.41 Å². The number of rotatable bonds is 7. The number of hydrogen-bond donors (Lipinski definition) is 1. The van der Waals surface area contributed by atoms with Crippen LogP contribution in [0, 0.1) is 5.41 Å². The van der Waals surface area contributed by atoms with E-state index >= 15 is 0 Å². The second kappa shape index (κ2) is 6.23. The average molecular weight is 226 g/mol. The first-order valence-electron chi connectivity index (χ1n) is 5.78. The Kier molecular flexibility index (Phi) is 5.26. The molecule has 1 N–H and O–H groups in total. The van der Waals surface area contributed by atoms with Gasteiger partial charge in [-0.1, -0.05) is 27.2 Å². The van der Waals surface area contributed by atoms with Gasteiger partial charge in [0.25, 0.3) is 0 Å². The first kappa shape index (κ1) is 12.7. The Morgan fingerprint density at radius 1 is 1.47 bits per heavy atom. The predicted molar refractivity (Wildman–Crippen MR) is 67.4 cm³/mol. The van der Waals surface area contributed by atoms with Crippen LogP contribution < -0.4 is 5.32 Å². The quantitative estimate of drug-likeness (QED) is 0.773. The van der Waals surface area contributed by atoms with Crippen LogP contribution in [-0.4, -0.2) is 18.1 Å². The molecule has 0 saturated carbocycles. The molecule has 0 aliphatic carbocycles. The SMILES string of the molecule is CCCC(C)(CNCC)Cc1cscn1. The maximum atomic E-state index is 4.38. The number of aromatic nitrogens is 1. The molecule has 0 spiro atoms. The van der Waals surface area contributed by atoms with E-state index in [2.05, 4.69) is 36.5 Å². The first-order valence-corrected chi connectivity index (χ1v) is 6.72. The Balaban J connectivity index is 2.55. The Labute approximate surface area is 97.1 Å². The van der Waals surface area contributed by atoms with Crippen molar-refractivity contribution in [1.82, 2.24) is 10.3 Å². The lowest BCUT2D eigenvalue weighted by molar-refractivity contribution is 0.275. The van der Waals surface area contributed by atoms with E-state index in [4.69, 9.17) is 0 Å². The lowest BCUT2D eigenvalue weighted by Gasteiger charge is -2.28. The third-order valence-electron chi connectivity index (χ3n) is 2.75. The lowest BCUT2D eigenvalue weighted by Crippen LogP contribution is -2.33. The summed E-state index contributed by atoms with van der Waals surface area (Å²) in [6.45, 7) is 8.92. The molecule has 86 valence electrons. The number of hydrogen-bond acceptors (Lipinski definition) is 3. The molecule has 0 fully saturated rings. The van der Waals surface area contributed by atoms with Crippen molar-refractivity contribution < 1.29 is 0 Å². The highest BCUT2D eigenvalue weighted by atomic mass is 32.1. The minimum atomic E-state index is 0.360. The van der Waals surface area contributed by atoms with Crippen LogP contribution in [0.4, 0.5) is 0 Å². The molecule has 1 unspecified atom stereocenters. The zero-order chi connectivity index (χ0) is 11.1. The zero-order valence-electron chi connectivity index (χ0n) is 10.0. The monoisotopic (exact) mass is 226 g/mol. The molecular formula is C12H22N2S. The maximum Gasteiger partial charge on any atom is 0.0794 e. The lowest BCUT2D eigenvalue weighted by atomic mass is 9.81. The molecule has 1 rings (SSSR count). The molecule has 0 saturated heterocycles. The minimum Gasteiger partial charge on any atom is -0.316 e. The molecule has 3 heteroatoms. The van der Waals surface area contributed by atoms with Crippen molar-refractivity contribution >= 4 is 11.3 Å². The summed E-state index contributed by atoms with van der Waals surface area (Å²) >= 11 is 1.69. The van der Waals surface area contributed by atoms with Crippen LogP contribution in [0.15, 0.2) is 10.9 Å². The summed E-state index contributed by atoms with van der Waals surface area (Å²) in [4.78, 5) is 4.38. The van der Waals surface area contributed by atoms with Gasteiger partial charge in [-0.3, -0.25) is 0 Å². The topological polar surface area (TPSA) is 24.9 Å². The summed E-state index contributed by atoms with van der Waals surface area (Å²) < 4.78 is 0. The van der Waals surface area contributed by atoms with Crippen LogP contribution in [0.1, 0.15) is 39.3 Å². The number of nitrogens with one attached hydrogen (secondary N) is 1. The van der Waals surface area contributed by atoms with Crippen LogP contribution in [0.5, 0.6) is 0 Å².